The molecule has 5 nitrogen and oxygen atoms in total. The van der Waals surface area contributed by atoms with Gasteiger partial charge >= 0.3 is 0 Å². The second-order valence-corrected chi connectivity index (χ2v) is 7.09. The Labute approximate surface area is 143 Å². The van der Waals surface area contributed by atoms with Crippen molar-refractivity contribution < 1.29 is 9.59 Å². The van der Waals surface area contributed by atoms with Crippen molar-refractivity contribution >= 4 is 34.8 Å². The standard InChI is InChI=1S/C16H16ClN3O2S/c17-14-2-1-13(23-14)11-15(21)19-7-9-20(10-8-19)16(22)12-3-5-18-6-4-12/h1-6H,7-11H2. The first-order valence-corrected chi connectivity index (χ1v) is 8.54. The third-order valence-electron chi connectivity index (χ3n) is 3.80. The second kappa shape index (κ2) is 7.10. The molecule has 0 aliphatic carbocycles. The molecule has 0 aromatic carbocycles. The SMILES string of the molecule is O=C(Cc1ccc(Cl)s1)N1CCN(C(=O)c2ccncc2)CC1. The number of nitrogens with zero attached hydrogens (tertiary/aromatic N) is 3. The van der Waals surface area contributed by atoms with Gasteiger partial charge in [-0.3, -0.25) is 14.6 Å². The molecule has 0 atom stereocenters. The Bertz CT molecular complexity index is 696. The van der Waals surface area contributed by atoms with Gasteiger partial charge in [0, 0.05) is 49.0 Å². The summed E-state index contributed by atoms with van der Waals surface area (Å²) in [5, 5.41) is 0. The number of amides is 2. The average molecular weight is 350 g/mol. The average Bonchev–Trinajstić information content (AvgIpc) is 3.00. The fraction of sp³-hybridized carbons (Fsp3) is 0.312. The number of thiophene rings is 1. The van der Waals surface area contributed by atoms with Crippen LogP contribution in [0.1, 0.15) is 15.2 Å². The van der Waals surface area contributed by atoms with Crippen molar-refractivity contribution in [1.29, 1.82) is 0 Å². The highest BCUT2D eigenvalue weighted by Crippen LogP contribution is 2.22. The molecule has 2 aromatic heterocycles. The first-order valence-electron chi connectivity index (χ1n) is 7.35. The highest BCUT2D eigenvalue weighted by atomic mass is 35.5. The molecule has 1 aliphatic heterocycles. The van der Waals surface area contributed by atoms with Gasteiger partial charge in [-0.15, -0.1) is 11.3 Å². The minimum atomic E-state index is -0.00969. The molecule has 2 amide bonds. The topological polar surface area (TPSA) is 53.5 Å². The summed E-state index contributed by atoms with van der Waals surface area (Å²) in [6.45, 7) is 2.24. The van der Waals surface area contributed by atoms with Crippen molar-refractivity contribution in [3.8, 4) is 0 Å². The zero-order valence-corrected chi connectivity index (χ0v) is 14.0. The molecule has 0 saturated carbocycles. The zero-order chi connectivity index (χ0) is 16.2. The lowest BCUT2D eigenvalue weighted by Gasteiger charge is -2.34. The molecule has 120 valence electrons. The van der Waals surface area contributed by atoms with Crippen molar-refractivity contribution in [2.45, 2.75) is 6.42 Å². The van der Waals surface area contributed by atoms with Crippen LogP contribution in [0.3, 0.4) is 0 Å². The van der Waals surface area contributed by atoms with Crippen LogP contribution in [-0.2, 0) is 11.2 Å². The van der Waals surface area contributed by atoms with E-state index in [1.165, 1.54) is 11.3 Å². The third-order valence-corrected chi connectivity index (χ3v) is 5.03. The molecule has 0 radical (unpaired) electrons. The fourth-order valence-electron chi connectivity index (χ4n) is 2.54. The molecule has 1 aliphatic rings. The number of hydrogen-bond acceptors (Lipinski definition) is 4. The van der Waals surface area contributed by atoms with Gasteiger partial charge in [-0.25, -0.2) is 0 Å². The third kappa shape index (κ3) is 3.89. The molecule has 0 unspecified atom stereocenters. The summed E-state index contributed by atoms with van der Waals surface area (Å²) in [4.78, 5) is 33.1. The predicted octanol–water partition coefficient (Wildman–Crippen LogP) is 2.32. The Morgan fingerprint density at radius 3 is 2.30 bits per heavy atom. The van der Waals surface area contributed by atoms with Crippen molar-refractivity contribution in [3.63, 3.8) is 0 Å². The maximum Gasteiger partial charge on any atom is 0.254 e. The Morgan fingerprint density at radius 2 is 1.70 bits per heavy atom. The van der Waals surface area contributed by atoms with Crippen LogP contribution >= 0.6 is 22.9 Å². The van der Waals surface area contributed by atoms with E-state index in [-0.39, 0.29) is 11.8 Å². The summed E-state index contributed by atoms with van der Waals surface area (Å²) in [5.41, 5.74) is 0.632. The quantitative estimate of drug-likeness (QED) is 0.854. The molecular weight excluding hydrogens is 334 g/mol. The summed E-state index contributed by atoms with van der Waals surface area (Å²) in [6, 6.07) is 7.11. The maximum atomic E-state index is 12.4. The van der Waals surface area contributed by atoms with Crippen molar-refractivity contribution in [2.75, 3.05) is 26.2 Å². The Hall–Kier alpha value is -1.92. The van der Waals surface area contributed by atoms with Gasteiger partial charge in [0.05, 0.1) is 10.8 Å². The first kappa shape index (κ1) is 16.0. The molecule has 23 heavy (non-hydrogen) atoms. The minimum Gasteiger partial charge on any atom is -0.339 e. The molecule has 0 N–H and O–H groups in total. The van der Waals surface area contributed by atoms with E-state index >= 15 is 0 Å². The molecule has 3 heterocycles. The van der Waals surface area contributed by atoms with Crippen LogP contribution in [0, 0.1) is 0 Å². The molecule has 2 aromatic rings. The summed E-state index contributed by atoms with van der Waals surface area (Å²) >= 11 is 7.32. The van der Waals surface area contributed by atoms with E-state index in [2.05, 4.69) is 4.98 Å². The number of pyridine rings is 1. The molecule has 0 bridgehead atoms. The normalized spacial score (nSPS) is 14.8. The summed E-state index contributed by atoms with van der Waals surface area (Å²) in [5.74, 6) is 0.0732. The Kier molecular flexibility index (Phi) is 4.93. The Morgan fingerprint density at radius 1 is 1.04 bits per heavy atom. The van der Waals surface area contributed by atoms with E-state index in [1.54, 1.807) is 35.5 Å². The lowest BCUT2D eigenvalue weighted by atomic mass is 10.2. The molecule has 0 spiro atoms. The summed E-state index contributed by atoms with van der Waals surface area (Å²) in [6.07, 6.45) is 3.59. The van der Waals surface area contributed by atoms with Gasteiger partial charge < -0.3 is 9.80 Å². The van der Waals surface area contributed by atoms with Crippen LogP contribution in [0.2, 0.25) is 4.34 Å². The largest absolute Gasteiger partial charge is 0.339 e. The molecule has 7 heteroatoms. The minimum absolute atomic E-state index is 0.00969. The number of hydrogen-bond donors (Lipinski definition) is 0. The Balaban J connectivity index is 1.54. The molecule has 1 fully saturated rings. The van der Waals surface area contributed by atoms with Gasteiger partial charge in [0.2, 0.25) is 5.91 Å². The monoisotopic (exact) mass is 349 g/mol. The van der Waals surface area contributed by atoms with Crippen LogP contribution in [0.15, 0.2) is 36.7 Å². The van der Waals surface area contributed by atoms with Gasteiger partial charge in [0.15, 0.2) is 0 Å². The van der Waals surface area contributed by atoms with Crippen molar-refractivity contribution in [2.24, 2.45) is 0 Å². The molecular formula is C16H16ClN3O2S. The lowest BCUT2D eigenvalue weighted by Crippen LogP contribution is -2.50. The molecule has 1 saturated heterocycles. The fourth-order valence-corrected chi connectivity index (χ4v) is 3.62. The number of rotatable bonds is 3. The maximum absolute atomic E-state index is 12.4. The van der Waals surface area contributed by atoms with Crippen molar-refractivity contribution in [3.05, 3.63) is 51.4 Å². The van der Waals surface area contributed by atoms with E-state index in [0.29, 0.717) is 42.5 Å². The van der Waals surface area contributed by atoms with Crippen LogP contribution in [0.4, 0.5) is 0 Å². The number of halogens is 1. The number of carbonyl (C=O) groups excluding carboxylic acids is 2. The first-order chi connectivity index (χ1) is 11.1. The van der Waals surface area contributed by atoms with E-state index in [4.69, 9.17) is 11.6 Å². The van der Waals surface area contributed by atoms with E-state index in [9.17, 15) is 9.59 Å². The van der Waals surface area contributed by atoms with Crippen LogP contribution in [0.25, 0.3) is 0 Å². The van der Waals surface area contributed by atoms with Gasteiger partial charge in [-0.1, -0.05) is 11.6 Å². The van der Waals surface area contributed by atoms with E-state index in [1.807, 2.05) is 11.0 Å². The number of carbonyl (C=O) groups is 2. The van der Waals surface area contributed by atoms with Gasteiger partial charge in [-0.05, 0) is 24.3 Å². The zero-order valence-electron chi connectivity index (χ0n) is 12.4. The van der Waals surface area contributed by atoms with Crippen LogP contribution in [-0.4, -0.2) is 52.8 Å². The van der Waals surface area contributed by atoms with Gasteiger partial charge in [0.25, 0.3) is 5.91 Å². The predicted molar refractivity (Wildman–Crippen MR) is 89.8 cm³/mol. The highest BCUT2D eigenvalue weighted by Gasteiger charge is 2.25. The van der Waals surface area contributed by atoms with E-state index in [0.717, 1.165) is 4.88 Å². The smallest absolute Gasteiger partial charge is 0.254 e. The highest BCUT2D eigenvalue weighted by molar-refractivity contribution is 7.16. The van der Waals surface area contributed by atoms with Crippen LogP contribution < -0.4 is 0 Å². The van der Waals surface area contributed by atoms with Gasteiger partial charge in [-0.2, -0.15) is 0 Å². The molecule has 3 rings (SSSR count). The van der Waals surface area contributed by atoms with E-state index < -0.39 is 0 Å². The lowest BCUT2D eigenvalue weighted by molar-refractivity contribution is -0.131. The second-order valence-electron chi connectivity index (χ2n) is 5.29. The van der Waals surface area contributed by atoms with Crippen molar-refractivity contribution in [1.82, 2.24) is 14.8 Å². The summed E-state index contributed by atoms with van der Waals surface area (Å²) < 4.78 is 0.695. The number of aromatic nitrogens is 1. The number of piperazine rings is 1. The van der Waals surface area contributed by atoms with Gasteiger partial charge in [0.1, 0.15) is 0 Å². The van der Waals surface area contributed by atoms with Crippen LogP contribution in [0.5, 0.6) is 0 Å². The summed E-state index contributed by atoms with van der Waals surface area (Å²) in [7, 11) is 0.